The fourth-order valence-corrected chi connectivity index (χ4v) is 4.60. The summed E-state index contributed by atoms with van der Waals surface area (Å²) in [5, 5.41) is 9.14. The molecule has 2 heterocycles. The molecule has 0 bridgehead atoms. The van der Waals surface area contributed by atoms with Gasteiger partial charge in [0.05, 0.1) is 28.2 Å². The lowest BCUT2D eigenvalue weighted by Gasteiger charge is -2.11. The maximum atomic E-state index is 13.0. The van der Waals surface area contributed by atoms with Gasteiger partial charge in [0.2, 0.25) is 0 Å². The van der Waals surface area contributed by atoms with Gasteiger partial charge in [-0.25, -0.2) is 14.2 Å². The number of carboxylic acids is 1. The van der Waals surface area contributed by atoms with Gasteiger partial charge in [-0.3, -0.25) is 4.79 Å². The third-order valence-electron chi connectivity index (χ3n) is 5.20. The summed E-state index contributed by atoms with van der Waals surface area (Å²) in [6.45, 7) is 0.195. The Morgan fingerprint density at radius 2 is 1.94 bits per heavy atom. The Kier molecular flexibility index (Phi) is 5.27. The number of carboxylic acid groups (broad SMARTS) is 1. The molecule has 0 aliphatic heterocycles. The van der Waals surface area contributed by atoms with Crippen LogP contribution in [0.4, 0.5) is 0 Å². The SMILES string of the molecule is COc1cc(C=c2sc3nc4ccccc4n3c2=O)ccc1OCc1cccc(C(=O)O)c1. The molecule has 1 N–H and O–H groups in total. The maximum absolute atomic E-state index is 13.0. The van der Waals surface area contributed by atoms with Crippen LogP contribution in [-0.2, 0) is 6.61 Å². The predicted molar refractivity (Wildman–Crippen MR) is 126 cm³/mol. The molecule has 7 nitrogen and oxygen atoms in total. The minimum Gasteiger partial charge on any atom is -0.493 e. The number of imidazole rings is 1. The highest BCUT2D eigenvalue weighted by molar-refractivity contribution is 7.15. The monoisotopic (exact) mass is 458 g/mol. The number of benzene rings is 3. The molecule has 0 atom stereocenters. The Morgan fingerprint density at radius 1 is 1.09 bits per heavy atom. The van der Waals surface area contributed by atoms with Crippen LogP contribution in [0.15, 0.2) is 71.5 Å². The molecule has 5 aromatic rings. The van der Waals surface area contributed by atoms with E-state index in [0.29, 0.717) is 21.0 Å². The van der Waals surface area contributed by atoms with Gasteiger partial charge in [-0.2, -0.15) is 0 Å². The van der Waals surface area contributed by atoms with Gasteiger partial charge in [-0.15, -0.1) is 0 Å². The van der Waals surface area contributed by atoms with Crippen molar-refractivity contribution in [2.75, 3.05) is 7.11 Å². The van der Waals surface area contributed by atoms with Gasteiger partial charge < -0.3 is 14.6 Å². The molecule has 0 fully saturated rings. The molecule has 3 aromatic carbocycles. The molecule has 0 aliphatic rings. The zero-order chi connectivity index (χ0) is 22.9. The Morgan fingerprint density at radius 3 is 2.76 bits per heavy atom. The molecule has 0 amide bonds. The Bertz CT molecular complexity index is 1620. The molecule has 0 radical (unpaired) electrons. The summed E-state index contributed by atoms with van der Waals surface area (Å²) < 4.78 is 13.5. The molecule has 5 rings (SSSR count). The van der Waals surface area contributed by atoms with Crippen LogP contribution >= 0.6 is 11.3 Å². The number of nitrogens with zero attached hydrogens (tertiary/aromatic N) is 2. The Hall–Kier alpha value is -4.17. The number of rotatable bonds is 6. The fourth-order valence-electron chi connectivity index (χ4n) is 3.61. The second-order valence-electron chi connectivity index (χ2n) is 7.34. The first-order valence-corrected chi connectivity index (χ1v) is 10.9. The van der Waals surface area contributed by atoms with E-state index in [4.69, 9.17) is 14.6 Å². The van der Waals surface area contributed by atoms with Crippen LogP contribution in [0.5, 0.6) is 11.5 Å². The van der Waals surface area contributed by atoms with Gasteiger partial charge in [-0.1, -0.05) is 41.7 Å². The molecule has 164 valence electrons. The average Bonchev–Trinajstić information content (AvgIpc) is 3.34. The normalized spacial score (nSPS) is 11.8. The van der Waals surface area contributed by atoms with E-state index >= 15 is 0 Å². The van der Waals surface area contributed by atoms with E-state index in [1.807, 2.05) is 30.3 Å². The molecule has 0 spiro atoms. The van der Waals surface area contributed by atoms with Crippen LogP contribution in [0, 0.1) is 0 Å². The third-order valence-corrected chi connectivity index (χ3v) is 6.17. The lowest BCUT2D eigenvalue weighted by molar-refractivity contribution is 0.0696. The van der Waals surface area contributed by atoms with Crippen LogP contribution in [0.1, 0.15) is 21.5 Å². The van der Waals surface area contributed by atoms with E-state index in [2.05, 4.69) is 4.98 Å². The number of fused-ring (bicyclic) bond motifs is 3. The summed E-state index contributed by atoms with van der Waals surface area (Å²) >= 11 is 1.34. The number of carbonyl (C=O) groups is 1. The maximum Gasteiger partial charge on any atom is 0.335 e. The molecule has 0 saturated heterocycles. The van der Waals surface area contributed by atoms with Crippen molar-refractivity contribution in [2.24, 2.45) is 0 Å². The topological polar surface area (TPSA) is 90.1 Å². The molecule has 0 saturated carbocycles. The van der Waals surface area contributed by atoms with Crippen molar-refractivity contribution in [1.29, 1.82) is 0 Å². The zero-order valence-electron chi connectivity index (χ0n) is 17.5. The number of hydrogen-bond donors (Lipinski definition) is 1. The highest BCUT2D eigenvalue weighted by Crippen LogP contribution is 2.29. The third kappa shape index (κ3) is 3.92. The lowest BCUT2D eigenvalue weighted by Crippen LogP contribution is -2.22. The van der Waals surface area contributed by atoms with Crippen LogP contribution in [0.25, 0.3) is 22.1 Å². The summed E-state index contributed by atoms with van der Waals surface area (Å²) in [5.74, 6) is 0.0446. The summed E-state index contributed by atoms with van der Waals surface area (Å²) in [6, 6.07) is 19.5. The first-order valence-electron chi connectivity index (χ1n) is 10.1. The quantitative estimate of drug-likeness (QED) is 0.417. The van der Waals surface area contributed by atoms with Gasteiger partial charge in [0.25, 0.3) is 5.56 Å². The zero-order valence-corrected chi connectivity index (χ0v) is 18.3. The predicted octanol–water partition coefficient (Wildman–Crippen LogP) is 3.74. The first-order chi connectivity index (χ1) is 16.0. The van der Waals surface area contributed by atoms with Gasteiger partial charge in [0.15, 0.2) is 16.5 Å². The van der Waals surface area contributed by atoms with Crippen molar-refractivity contribution in [3.05, 3.63) is 98.3 Å². The molecule has 8 heteroatoms. The van der Waals surface area contributed by atoms with Crippen molar-refractivity contribution in [3.63, 3.8) is 0 Å². The number of hydrogen-bond acceptors (Lipinski definition) is 6. The van der Waals surface area contributed by atoms with Gasteiger partial charge >= 0.3 is 5.97 Å². The minimum atomic E-state index is -0.985. The summed E-state index contributed by atoms with van der Waals surface area (Å²) in [7, 11) is 1.54. The van der Waals surface area contributed by atoms with Crippen LogP contribution in [-0.4, -0.2) is 27.6 Å². The molecular formula is C25H18N2O5S. The first kappa shape index (κ1) is 20.7. The molecule has 33 heavy (non-hydrogen) atoms. The van der Waals surface area contributed by atoms with E-state index in [1.54, 1.807) is 47.9 Å². The van der Waals surface area contributed by atoms with E-state index in [9.17, 15) is 9.59 Å². The van der Waals surface area contributed by atoms with Gasteiger partial charge in [0.1, 0.15) is 6.61 Å². The lowest BCUT2D eigenvalue weighted by atomic mass is 10.1. The fraction of sp³-hybridized carbons (Fsp3) is 0.0800. The van der Waals surface area contributed by atoms with Crippen molar-refractivity contribution in [1.82, 2.24) is 9.38 Å². The second kappa shape index (κ2) is 8.40. The number of aromatic carboxylic acids is 1. The standard InChI is InChI=1S/C25H18N2O5S/c1-31-21-12-15(9-10-20(21)32-14-16-5-4-6-17(11-16)24(29)30)13-22-23(28)27-19-8-3-2-7-18(19)26-25(27)33-22/h2-13H,14H2,1H3,(H,29,30). The highest BCUT2D eigenvalue weighted by Gasteiger charge is 2.12. The van der Waals surface area contributed by atoms with Crippen LogP contribution in [0.3, 0.4) is 0 Å². The van der Waals surface area contributed by atoms with Crippen LogP contribution in [0.2, 0.25) is 0 Å². The Labute approximate surface area is 191 Å². The van der Waals surface area contributed by atoms with Crippen molar-refractivity contribution >= 4 is 39.4 Å². The van der Waals surface area contributed by atoms with Gasteiger partial charge in [-0.05, 0) is 53.6 Å². The van der Waals surface area contributed by atoms with Crippen LogP contribution < -0.4 is 19.6 Å². The number of ether oxygens (including phenoxy) is 2. The summed E-state index contributed by atoms with van der Waals surface area (Å²) in [6.07, 6.45) is 1.80. The number of thiazole rings is 1. The van der Waals surface area contributed by atoms with Gasteiger partial charge in [0, 0.05) is 0 Å². The van der Waals surface area contributed by atoms with E-state index in [0.717, 1.165) is 22.2 Å². The van der Waals surface area contributed by atoms with E-state index in [-0.39, 0.29) is 17.7 Å². The van der Waals surface area contributed by atoms with Crippen molar-refractivity contribution < 1.29 is 19.4 Å². The van der Waals surface area contributed by atoms with E-state index in [1.165, 1.54) is 17.4 Å². The van der Waals surface area contributed by atoms with E-state index < -0.39 is 5.97 Å². The molecular weight excluding hydrogens is 440 g/mol. The summed E-state index contributed by atoms with van der Waals surface area (Å²) in [4.78, 5) is 29.3. The number of aromatic nitrogens is 2. The smallest absolute Gasteiger partial charge is 0.335 e. The minimum absolute atomic E-state index is 0.110. The molecule has 0 aliphatic carbocycles. The average molecular weight is 458 g/mol. The summed E-state index contributed by atoms with van der Waals surface area (Å²) in [5.41, 5.74) is 3.21. The second-order valence-corrected chi connectivity index (χ2v) is 8.35. The number of methoxy groups -OCH3 is 1. The Balaban J connectivity index is 1.44. The largest absolute Gasteiger partial charge is 0.493 e. The van der Waals surface area contributed by atoms with Crippen molar-refractivity contribution in [3.8, 4) is 11.5 Å². The highest BCUT2D eigenvalue weighted by atomic mass is 32.1. The molecule has 2 aromatic heterocycles. The van der Waals surface area contributed by atoms with Crippen molar-refractivity contribution in [2.45, 2.75) is 6.61 Å². The number of para-hydroxylation sites is 2. The molecule has 0 unspecified atom stereocenters.